The smallest absolute Gasteiger partial charge is 0.246 e. The molecule has 0 fully saturated rings. The second-order valence-electron chi connectivity index (χ2n) is 5.27. The number of carbonyl (C=O) groups is 2. The molecule has 2 aromatic rings. The van der Waals surface area contributed by atoms with Crippen molar-refractivity contribution in [2.45, 2.75) is 18.9 Å². The van der Waals surface area contributed by atoms with E-state index in [-0.39, 0.29) is 12.4 Å². The molecule has 134 valence electrons. The standard InChI is InChI=1S/C17H21N5O2.ClH/c18-15(16(23)21-11-5-13-1-7-19-8-2-13)17(24)22-12-6-14-3-9-20-10-4-14;/h1-4,7-10,15H,5-6,11-12,18H2,(H,21,23)(H,22,24);1H. The van der Waals surface area contributed by atoms with Gasteiger partial charge in [-0.2, -0.15) is 0 Å². The van der Waals surface area contributed by atoms with Crippen LogP contribution in [-0.4, -0.2) is 40.9 Å². The summed E-state index contributed by atoms with van der Waals surface area (Å²) in [6.07, 6.45) is 8.09. The zero-order chi connectivity index (χ0) is 17.2. The van der Waals surface area contributed by atoms with E-state index in [2.05, 4.69) is 20.6 Å². The van der Waals surface area contributed by atoms with Gasteiger partial charge in [-0.1, -0.05) is 0 Å². The van der Waals surface area contributed by atoms with Gasteiger partial charge in [0.25, 0.3) is 0 Å². The zero-order valence-electron chi connectivity index (χ0n) is 13.7. The number of halogens is 1. The monoisotopic (exact) mass is 363 g/mol. The number of carbonyl (C=O) groups excluding carboxylic acids is 2. The van der Waals surface area contributed by atoms with Gasteiger partial charge in [0.2, 0.25) is 11.8 Å². The summed E-state index contributed by atoms with van der Waals surface area (Å²) in [5, 5.41) is 5.33. The van der Waals surface area contributed by atoms with Crippen molar-refractivity contribution in [3.8, 4) is 0 Å². The third-order valence-electron chi connectivity index (χ3n) is 3.49. The molecule has 2 amide bonds. The normalized spacial score (nSPS) is 10.0. The molecule has 0 aliphatic rings. The first-order chi connectivity index (χ1) is 11.7. The SMILES string of the molecule is Cl.NC(C(=O)NCCc1ccncc1)C(=O)NCCc1ccncc1. The Kier molecular flexibility index (Phi) is 9.13. The van der Waals surface area contributed by atoms with Gasteiger partial charge in [0.1, 0.15) is 0 Å². The van der Waals surface area contributed by atoms with Crippen molar-refractivity contribution in [2.75, 3.05) is 13.1 Å². The lowest BCUT2D eigenvalue weighted by atomic mass is 10.2. The minimum absolute atomic E-state index is 0. The van der Waals surface area contributed by atoms with Crippen molar-refractivity contribution in [3.63, 3.8) is 0 Å². The Labute approximate surface area is 152 Å². The molecule has 0 saturated carbocycles. The van der Waals surface area contributed by atoms with Crippen LogP contribution in [0.15, 0.2) is 49.1 Å². The lowest BCUT2D eigenvalue weighted by Gasteiger charge is -2.12. The van der Waals surface area contributed by atoms with Gasteiger partial charge < -0.3 is 16.4 Å². The predicted octanol–water partition coefficient (Wildman–Crippen LogP) is 0.243. The van der Waals surface area contributed by atoms with Gasteiger partial charge in [0.15, 0.2) is 6.04 Å². The summed E-state index contributed by atoms with van der Waals surface area (Å²) in [5.41, 5.74) is 7.79. The lowest BCUT2D eigenvalue weighted by Crippen LogP contribution is -2.51. The van der Waals surface area contributed by atoms with Gasteiger partial charge in [0.05, 0.1) is 0 Å². The summed E-state index contributed by atoms with van der Waals surface area (Å²) in [7, 11) is 0. The van der Waals surface area contributed by atoms with Crippen LogP contribution in [-0.2, 0) is 22.4 Å². The highest BCUT2D eigenvalue weighted by Crippen LogP contribution is 1.97. The van der Waals surface area contributed by atoms with Crippen LogP contribution in [0, 0.1) is 0 Å². The number of nitrogens with zero attached hydrogens (tertiary/aromatic N) is 2. The van der Waals surface area contributed by atoms with Crippen LogP contribution in [0.2, 0.25) is 0 Å². The van der Waals surface area contributed by atoms with Crippen molar-refractivity contribution in [1.29, 1.82) is 0 Å². The molecule has 2 rings (SSSR count). The molecule has 0 saturated heterocycles. The molecule has 0 atom stereocenters. The lowest BCUT2D eigenvalue weighted by molar-refractivity contribution is -0.131. The van der Waals surface area contributed by atoms with Crippen LogP contribution >= 0.6 is 12.4 Å². The van der Waals surface area contributed by atoms with Crippen molar-refractivity contribution in [2.24, 2.45) is 5.73 Å². The highest BCUT2D eigenvalue weighted by Gasteiger charge is 2.21. The minimum atomic E-state index is -1.21. The fourth-order valence-corrected chi connectivity index (χ4v) is 2.10. The Morgan fingerprint density at radius 3 is 1.56 bits per heavy atom. The highest BCUT2D eigenvalue weighted by molar-refractivity contribution is 6.04. The zero-order valence-corrected chi connectivity index (χ0v) is 14.5. The molecular weight excluding hydrogens is 342 g/mol. The van der Waals surface area contributed by atoms with Crippen molar-refractivity contribution < 1.29 is 9.59 Å². The van der Waals surface area contributed by atoms with Crippen LogP contribution in [0.4, 0.5) is 0 Å². The summed E-state index contributed by atoms with van der Waals surface area (Å²) in [6, 6.07) is 6.28. The van der Waals surface area contributed by atoms with E-state index in [1.54, 1.807) is 24.8 Å². The summed E-state index contributed by atoms with van der Waals surface area (Å²) in [4.78, 5) is 31.6. The largest absolute Gasteiger partial charge is 0.354 e. The first-order valence-corrected chi connectivity index (χ1v) is 7.75. The molecule has 0 radical (unpaired) electrons. The maximum Gasteiger partial charge on any atom is 0.246 e. The maximum absolute atomic E-state index is 11.9. The second-order valence-corrected chi connectivity index (χ2v) is 5.27. The minimum Gasteiger partial charge on any atom is -0.354 e. The molecule has 0 unspecified atom stereocenters. The van der Waals surface area contributed by atoms with Crippen LogP contribution in [0.3, 0.4) is 0 Å². The second kappa shape index (κ2) is 11.1. The maximum atomic E-state index is 11.9. The van der Waals surface area contributed by atoms with E-state index < -0.39 is 17.9 Å². The van der Waals surface area contributed by atoms with Crippen LogP contribution in [0.1, 0.15) is 11.1 Å². The fraction of sp³-hybridized carbons (Fsp3) is 0.294. The average molecular weight is 364 g/mol. The summed E-state index contributed by atoms with van der Waals surface area (Å²) in [5.74, 6) is -0.962. The first kappa shape index (κ1) is 20.5. The molecule has 0 spiro atoms. The van der Waals surface area contributed by atoms with Crippen molar-refractivity contribution in [1.82, 2.24) is 20.6 Å². The van der Waals surface area contributed by atoms with E-state index in [4.69, 9.17) is 5.73 Å². The molecule has 2 heterocycles. The van der Waals surface area contributed by atoms with Gasteiger partial charge in [-0.3, -0.25) is 19.6 Å². The van der Waals surface area contributed by atoms with E-state index in [9.17, 15) is 9.59 Å². The van der Waals surface area contributed by atoms with E-state index in [0.717, 1.165) is 11.1 Å². The van der Waals surface area contributed by atoms with E-state index in [1.807, 2.05) is 24.3 Å². The first-order valence-electron chi connectivity index (χ1n) is 7.75. The number of hydrogen-bond acceptors (Lipinski definition) is 5. The Bertz CT molecular complexity index is 597. The van der Waals surface area contributed by atoms with E-state index in [0.29, 0.717) is 25.9 Å². The molecule has 4 N–H and O–H groups in total. The Hall–Kier alpha value is -2.51. The molecule has 25 heavy (non-hydrogen) atoms. The van der Waals surface area contributed by atoms with Crippen LogP contribution in [0.25, 0.3) is 0 Å². The molecule has 0 aliphatic carbocycles. The summed E-state index contributed by atoms with van der Waals surface area (Å²) >= 11 is 0. The summed E-state index contributed by atoms with van der Waals surface area (Å²) < 4.78 is 0. The van der Waals surface area contributed by atoms with Gasteiger partial charge in [-0.15, -0.1) is 12.4 Å². The molecule has 2 aromatic heterocycles. The third-order valence-corrected chi connectivity index (χ3v) is 3.49. The molecule has 0 aliphatic heterocycles. The average Bonchev–Trinajstić information content (AvgIpc) is 2.62. The number of nitrogens with one attached hydrogen (secondary N) is 2. The number of nitrogens with two attached hydrogens (primary N) is 1. The Morgan fingerprint density at radius 1 is 0.840 bits per heavy atom. The highest BCUT2D eigenvalue weighted by atomic mass is 35.5. The van der Waals surface area contributed by atoms with Gasteiger partial charge >= 0.3 is 0 Å². The molecule has 0 bridgehead atoms. The number of pyridine rings is 2. The van der Waals surface area contributed by atoms with Crippen LogP contribution in [0.5, 0.6) is 0 Å². The van der Waals surface area contributed by atoms with E-state index >= 15 is 0 Å². The molecule has 8 heteroatoms. The van der Waals surface area contributed by atoms with E-state index in [1.165, 1.54) is 0 Å². The Morgan fingerprint density at radius 2 is 1.20 bits per heavy atom. The number of amides is 2. The number of hydrogen-bond donors (Lipinski definition) is 3. The number of aromatic nitrogens is 2. The quantitative estimate of drug-likeness (QED) is 0.582. The molecule has 7 nitrogen and oxygen atoms in total. The molecule has 0 aromatic carbocycles. The fourth-order valence-electron chi connectivity index (χ4n) is 2.10. The van der Waals surface area contributed by atoms with Crippen LogP contribution < -0.4 is 16.4 Å². The number of rotatable bonds is 8. The third kappa shape index (κ3) is 7.28. The van der Waals surface area contributed by atoms with Crippen molar-refractivity contribution >= 4 is 24.2 Å². The molecular formula is C17H22ClN5O2. The Balaban J connectivity index is 0.00000312. The van der Waals surface area contributed by atoms with Crippen molar-refractivity contribution in [3.05, 3.63) is 60.2 Å². The van der Waals surface area contributed by atoms with Gasteiger partial charge in [0, 0.05) is 37.9 Å². The topological polar surface area (TPSA) is 110 Å². The van der Waals surface area contributed by atoms with Gasteiger partial charge in [-0.05, 0) is 48.2 Å². The summed E-state index contributed by atoms with van der Waals surface area (Å²) in [6.45, 7) is 0.835. The van der Waals surface area contributed by atoms with Gasteiger partial charge in [-0.25, -0.2) is 0 Å². The predicted molar refractivity (Wildman–Crippen MR) is 97.1 cm³/mol.